The zero-order chi connectivity index (χ0) is 15.8. The van der Waals surface area contributed by atoms with Crippen molar-refractivity contribution in [1.29, 1.82) is 0 Å². The fraction of sp³-hybridized carbons (Fsp3) is 0.333. The van der Waals surface area contributed by atoms with E-state index in [9.17, 15) is 4.79 Å². The van der Waals surface area contributed by atoms with Crippen LogP contribution in [0.2, 0.25) is 5.02 Å². The van der Waals surface area contributed by atoms with Crippen LogP contribution >= 0.6 is 11.6 Å². The number of carbonyl (C=O) groups is 1. The molecule has 118 valence electrons. The van der Waals surface area contributed by atoms with Gasteiger partial charge < -0.3 is 14.8 Å². The molecule has 0 radical (unpaired) electrons. The predicted molar refractivity (Wildman–Crippen MR) is 83.1 cm³/mol. The number of aromatic nitrogens is 2. The summed E-state index contributed by atoms with van der Waals surface area (Å²) >= 11 is 5.88. The summed E-state index contributed by atoms with van der Waals surface area (Å²) in [6.45, 7) is 1.37. The van der Waals surface area contributed by atoms with Gasteiger partial charge in [-0.2, -0.15) is 5.10 Å². The molecule has 0 spiro atoms. The van der Waals surface area contributed by atoms with Crippen LogP contribution in [0.15, 0.2) is 36.5 Å². The van der Waals surface area contributed by atoms with E-state index in [1.165, 1.54) is 0 Å². The van der Waals surface area contributed by atoms with Gasteiger partial charge in [0.05, 0.1) is 0 Å². The number of benzene rings is 1. The third-order valence-electron chi connectivity index (χ3n) is 2.84. The molecule has 1 N–H and O–H groups in total. The molecule has 1 aromatic carbocycles. The molecule has 0 aliphatic carbocycles. The van der Waals surface area contributed by atoms with Crippen molar-refractivity contribution in [1.82, 2.24) is 15.1 Å². The highest BCUT2D eigenvalue weighted by atomic mass is 35.5. The molecule has 6 nitrogen and oxygen atoms in total. The van der Waals surface area contributed by atoms with E-state index in [2.05, 4.69) is 10.4 Å². The summed E-state index contributed by atoms with van der Waals surface area (Å²) in [6, 6.07) is 8.74. The second kappa shape index (κ2) is 8.41. The molecule has 2 aromatic rings. The van der Waals surface area contributed by atoms with Gasteiger partial charge in [-0.3, -0.25) is 4.79 Å². The number of nitrogens with zero attached hydrogens (tertiary/aromatic N) is 2. The summed E-state index contributed by atoms with van der Waals surface area (Å²) in [4.78, 5) is 11.9. The fourth-order valence-electron chi connectivity index (χ4n) is 1.76. The zero-order valence-electron chi connectivity index (χ0n) is 12.3. The number of halogens is 1. The highest BCUT2D eigenvalue weighted by Gasteiger charge is 2.08. The second-order valence-corrected chi connectivity index (χ2v) is 5.01. The average Bonchev–Trinajstić information content (AvgIpc) is 2.98. The minimum absolute atomic E-state index is 0.206. The average molecular weight is 324 g/mol. The Balaban J connectivity index is 1.82. The van der Waals surface area contributed by atoms with Crippen molar-refractivity contribution in [2.45, 2.75) is 13.2 Å². The van der Waals surface area contributed by atoms with E-state index in [1.54, 1.807) is 48.3 Å². The first kappa shape index (κ1) is 16.3. The van der Waals surface area contributed by atoms with Gasteiger partial charge in [-0.15, -0.1) is 0 Å². The molecule has 7 heteroatoms. The summed E-state index contributed by atoms with van der Waals surface area (Å²) in [5.41, 5.74) is 0.354. The van der Waals surface area contributed by atoms with Crippen molar-refractivity contribution in [2.75, 3.05) is 20.3 Å². The quantitative estimate of drug-likeness (QED) is 0.757. The molecular formula is C15H18ClN3O3. The summed E-state index contributed by atoms with van der Waals surface area (Å²) in [5, 5.41) is 7.54. The lowest BCUT2D eigenvalue weighted by atomic mass is 10.3. The number of rotatable bonds is 8. The van der Waals surface area contributed by atoms with Crippen LogP contribution < -0.4 is 10.1 Å². The smallest absolute Gasteiger partial charge is 0.271 e. The minimum atomic E-state index is -0.211. The number of nitrogens with one attached hydrogen (secondary N) is 1. The largest absolute Gasteiger partial charge is 0.471 e. The summed E-state index contributed by atoms with van der Waals surface area (Å²) in [7, 11) is 1.63. The normalized spacial score (nSPS) is 10.5. The first-order valence-corrected chi connectivity index (χ1v) is 7.26. The van der Waals surface area contributed by atoms with Gasteiger partial charge in [-0.1, -0.05) is 17.7 Å². The molecule has 2 rings (SSSR count). The standard InChI is InChI=1S/C15H18ClN3O3/c1-21-9-3-7-17-15(20)14-6-8-19(18-14)11-22-13-5-2-4-12(16)10-13/h2,4-6,8,10H,3,7,9,11H2,1H3,(H,17,20). The summed E-state index contributed by atoms with van der Waals surface area (Å²) in [6.07, 6.45) is 2.45. The van der Waals surface area contributed by atoms with Crippen molar-refractivity contribution in [3.05, 3.63) is 47.2 Å². The van der Waals surface area contributed by atoms with Gasteiger partial charge in [0.2, 0.25) is 0 Å². The van der Waals surface area contributed by atoms with Crippen LogP contribution in [-0.2, 0) is 11.5 Å². The molecule has 0 fully saturated rings. The Morgan fingerprint density at radius 2 is 2.27 bits per heavy atom. The van der Waals surface area contributed by atoms with Crippen molar-refractivity contribution in [3.8, 4) is 5.75 Å². The predicted octanol–water partition coefficient (Wildman–Crippen LogP) is 2.34. The van der Waals surface area contributed by atoms with Gasteiger partial charge in [0, 0.05) is 31.5 Å². The lowest BCUT2D eigenvalue weighted by Crippen LogP contribution is -2.25. The SMILES string of the molecule is COCCCNC(=O)c1ccn(COc2cccc(Cl)c2)n1. The highest BCUT2D eigenvalue weighted by Crippen LogP contribution is 2.17. The molecule has 0 saturated carbocycles. The second-order valence-electron chi connectivity index (χ2n) is 4.57. The van der Waals surface area contributed by atoms with Crippen LogP contribution in [0.1, 0.15) is 16.9 Å². The van der Waals surface area contributed by atoms with E-state index in [0.29, 0.717) is 29.6 Å². The maximum Gasteiger partial charge on any atom is 0.271 e. The number of ether oxygens (including phenoxy) is 2. The third-order valence-corrected chi connectivity index (χ3v) is 3.08. The van der Waals surface area contributed by atoms with Crippen LogP contribution in [0, 0.1) is 0 Å². The van der Waals surface area contributed by atoms with E-state index in [4.69, 9.17) is 21.1 Å². The van der Waals surface area contributed by atoms with E-state index in [-0.39, 0.29) is 12.6 Å². The molecule has 1 aromatic heterocycles. The van der Waals surface area contributed by atoms with Crippen molar-refractivity contribution < 1.29 is 14.3 Å². The van der Waals surface area contributed by atoms with E-state index in [1.807, 2.05) is 0 Å². The maximum absolute atomic E-state index is 11.9. The Bertz CT molecular complexity index is 616. The van der Waals surface area contributed by atoms with Crippen molar-refractivity contribution >= 4 is 17.5 Å². The minimum Gasteiger partial charge on any atom is -0.471 e. The zero-order valence-corrected chi connectivity index (χ0v) is 13.0. The van der Waals surface area contributed by atoms with E-state index < -0.39 is 0 Å². The van der Waals surface area contributed by atoms with E-state index in [0.717, 1.165) is 6.42 Å². The fourth-order valence-corrected chi connectivity index (χ4v) is 1.94. The van der Waals surface area contributed by atoms with Crippen LogP contribution in [0.4, 0.5) is 0 Å². The third kappa shape index (κ3) is 5.05. The van der Waals surface area contributed by atoms with Crippen molar-refractivity contribution in [2.24, 2.45) is 0 Å². The van der Waals surface area contributed by atoms with Gasteiger partial charge in [-0.05, 0) is 30.7 Å². The Kier molecular flexibility index (Phi) is 6.24. The van der Waals surface area contributed by atoms with E-state index >= 15 is 0 Å². The van der Waals surface area contributed by atoms with Gasteiger partial charge in [0.1, 0.15) is 11.4 Å². The Hall–Kier alpha value is -2.05. The molecule has 0 saturated heterocycles. The molecule has 0 aliphatic rings. The van der Waals surface area contributed by atoms with Gasteiger partial charge in [0.15, 0.2) is 6.73 Å². The van der Waals surface area contributed by atoms with Crippen LogP contribution in [0.3, 0.4) is 0 Å². The molecule has 1 amide bonds. The molecule has 0 atom stereocenters. The van der Waals surface area contributed by atoms with Crippen LogP contribution in [0.25, 0.3) is 0 Å². The van der Waals surface area contributed by atoms with Gasteiger partial charge >= 0.3 is 0 Å². The Morgan fingerprint density at radius 1 is 1.41 bits per heavy atom. The number of amides is 1. The first-order chi connectivity index (χ1) is 10.7. The molecular weight excluding hydrogens is 306 g/mol. The van der Waals surface area contributed by atoms with Gasteiger partial charge in [-0.25, -0.2) is 4.68 Å². The van der Waals surface area contributed by atoms with Crippen molar-refractivity contribution in [3.63, 3.8) is 0 Å². The summed E-state index contributed by atoms with van der Waals surface area (Å²) < 4.78 is 12.0. The Morgan fingerprint density at radius 3 is 3.05 bits per heavy atom. The van der Waals surface area contributed by atoms with Gasteiger partial charge in [0.25, 0.3) is 5.91 Å². The molecule has 0 aliphatic heterocycles. The lowest BCUT2D eigenvalue weighted by molar-refractivity contribution is 0.0941. The molecule has 22 heavy (non-hydrogen) atoms. The van der Waals surface area contributed by atoms with Crippen LogP contribution in [-0.4, -0.2) is 35.9 Å². The monoisotopic (exact) mass is 323 g/mol. The first-order valence-electron chi connectivity index (χ1n) is 6.88. The molecule has 0 unspecified atom stereocenters. The number of methoxy groups -OCH3 is 1. The molecule has 1 heterocycles. The van der Waals surface area contributed by atoms with Crippen LogP contribution in [0.5, 0.6) is 5.75 Å². The lowest BCUT2D eigenvalue weighted by Gasteiger charge is -2.06. The topological polar surface area (TPSA) is 65.4 Å². The number of carbonyl (C=O) groups excluding carboxylic acids is 1. The Labute approximate surface area is 134 Å². The number of hydrogen-bond acceptors (Lipinski definition) is 4. The maximum atomic E-state index is 11.9. The molecule has 0 bridgehead atoms. The highest BCUT2D eigenvalue weighted by molar-refractivity contribution is 6.30. The number of hydrogen-bond donors (Lipinski definition) is 1. The summed E-state index contributed by atoms with van der Waals surface area (Å²) in [5.74, 6) is 0.436.